The summed E-state index contributed by atoms with van der Waals surface area (Å²) in [4.78, 5) is 23.2. The van der Waals surface area contributed by atoms with E-state index in [1.807, 2.05) is 0 Å². The standard InChI is InChI=1S/C26H48O4/c1-3-5-7-9-11-12-13-14-15-16-18-20-24-30-26(28)22-21-25(27)29-23-19-17-10-8-6-4-2/h21-22H,3-20,23-24H2,1-2H3/b22-21+. The molecule has 0 aliphatic heterocycles. The van der Waals surface area contributed by atoms with E-state index in [-0.39, 0.29) is 0 Å². The predicted molar refractivity (Wildman–Crippen MR) is 126 cm³/mol. The van der Waals surface area contributed by atoms with Gasteiger partial charge in [-0.3, -0.25) is 0 Å². The van der Waals surface area contributed by atoms with Crippen molar-refractivity contribution in [2.75, 3.05) is 13.2 Å². The Balaban J connectivity index is 3.38. The minimum absolute atomic E-state index is 0.420. The van der Waals surface area contributed by atoms with Gasteiger partial charge in [0.15, 0.2) is 0 Å². The molecule has 0 amide bonds. The highest BCUT2D eigenvalue weighted by atomic mass is 16.5. The summed E-state index contributed by atoms with van der Waals surface area (Å²) >= 11 is 0. The third-order valence-corrected chi connectivity index (χ3v) is 5.34. The minimum atomic E-state index is -0.467. The van der Waals surface area contributed by atoms with E-state index in [0.717, 1.165) is 25.7 Å². The van der Waals surface area contributed by atoms with Gasteiger partial charge in [-0.25, -0.2) is 9.59 Å². The smallest absolute Gasteiger partial charge is 0.331 e. The van der Waals surface area contributed by atoms with Gasteiger partial charge >= 0.3 is 11.9 Å². The van der Waals surface area contributed by atoms with Crippen LogP contribution in [0.2, 0.25) is 0 Å². The zero-order chi connectivity index (χ0) is 22.1. The summed E-state index contributed by atoms with van der Waals surface area (Å²) in [6.45, 7) is 5.29. The zero-order valence-corrected chi connectivity index (χ0v) is 19.9. The van der Waals surface area contributed by atoms with E-state index in [2.05, 4.69) is 13.8 Å². The van der Waals surface area contributed by atoms with Gasteiger partial charge in [-0.15, -0.1) is 0 Å². The third kappa shape index (κ3) is 23.0. The van der Waals surface area contributed by atoms with Crippen LogP contribution in [0.5, 0.6) is 0 Å². The first-order valence-electron chi connectivity index (χ1n) is 12.7. The Hall–Kier alpha value is -1.32. The van der Waals surface area contributed by atoms with Crippen molar-refractivity contribution in [3.05, 3.63) is 12.2 Å². The monoisotopic (exact) mass is 424 g/mol. The molecule has 30 heavy (non-hydrogen) atoms. The zero-order valence-electron chi connectivity index (χ0n) is 19.9. The molecule has 0 heterocycles. The number of hydrogen-bond acceptors (Lipinski definition) is 4. The fourth-order valence-electron chi connectivity index (χ4n) is 3.40. The Morgan fingerprint density at radius 2 is 0.733 bits per heavy atom. The van der Waals surface area contributed by atoms with Crippen LogP contribution in [0.3, 0.4) is 0 Å². The van der Waals surface area contributed by atoms with Crippen molar-refractivity contribution in [3.63, 3.8) is 0 Å². The van der Waals surface area contributed by atoms with Gasteiger partial charge in [-0.05, 0) is 12.8 Å². The molecular formula is C26H48O4. The highest BCUT2D eigenvalue weighted by Crippen LogP contribution is 2.12. The second-order valence-corrected chi connectivity index (χ2v) is 8.33. The Bertz CT molecular complexity index is 417. The van der Waals surface area contributed by atoms with Crippen LogP contribution < -0.4 is 0 Å². The number of unbranched alkanes of at least 4 members (excludes halogenated alkanes) is 16. The van der Waals surface area contributed by atoms with E-state index in [1.165, 1.54) is 102 Å². The minimum Gasteiger partial charge on any atom is -0.463 e. The molecule has 0 aliphatic rings. The van der Waals surface area contributed by atoms with Gasteiger partial charge in [-0.1, -0.05) is 117 Å². The predicted octanol–water partition coefficient (Wildman–Crippen LogP) is 7.69. The molecule has 0 aliphatic carbocycles. The van der Waals surface area contributed by atoms with Crippen LogP contribution in [0.25, 0.3) is 0 Å². The highest BCUT2D eigenvalue weighted by Gasteiger charge is 2.01. The van der Waals surface area contributed by atoms with Crippen molar-refractivity contribution in [1.29, 1.82) is 0 Å². The van der Waals surface area contributed by atoms with Gasteiger partial charge in [0, 0.05) is 12.2 Å². The van der Waals surface area contributed by atoms with Crippen LogP contribution in [0, 0.1) is 0 Å². The number of hydrogen-bond donors (Lipinski definition) is 0. The van der Waals surface area contributed by atoms with Gasteiger partial charge in [0.1, 0.15) is 0 Å². The van der Waals surface area contributed by atoms with Crippen molar-refractivity contribution < 1.29 is 19.1 Å². The summed E-state index contributed by atoms with van der Waals surface area (Å²) in [6.07, 6.45) is 24.6. The highest BCUT2D eigenvalue weighted by molar-refractivity contribution is 5.91. The maximum Gasteiger partial charge on any atom is 0.331 e. The van der Waals surface area contributed by atoms with Crippen molar-refractivity contribution >= 4 is 11.9 Å². The Labute approximate surface area is 186 Å². The van der Waals surface area contributed by atoms with E-state index >= 15 is 0 Å². The van der Waals surface area contributed by atoms with Gasteiger partial charge < -0.3 is 9.47 Å². The summed E-state index contributed by atoms with van der Waals surface area (Å²) in [5.41, 5.74) is 0. The number of esters is 2. The number of ether oxygens (including phenoxy) is 2. The van der Waals surface area contributed by atoms with E-state index < -0.39 is 11.9 Å². The summed E-state index contributed by atoms with van der Waals surface area (Å²) in [6, 6.07) is 0. The number of carbonyl (C=O) groups is 2. The van der Waals surface area contributed by atoms with E-state index in [1.54, 1.807) is 0 Å². The van der Waals surface area contributed by atoms with Crippen molar-refractivity contribution in [2.24, 2.45) is 0 Å². The lowest BCUT2D eigenvalue weighted by atomic mass is 10.1. The maximum absolute atomic E-state index is 11.6. The molecule has 0 fully saturated rings. The molecule has 0 bridgehead atoms. The SMILES string of the molecule is CCCCCCCCCCCCCCOC(=O)/C=C/C(=O)OCCCCCCCC. The quantitative estimate of drug-likeness (QED) is 0.101. The summed E-state index contributed by atoms with van der Waals surface area (Å²) in [7, 11) is 0. The van der Waals surface area contributed by atoms with Crippen LogP contribution in [-0.2, 0) is 19.1 Å². The van der Waals surface area contributed by atoms with Crippen molar-refractivity contribution in [3.8, 4) is 0 Å². The molecule has 0 aromatic rings. The van der Waals surface area contributed by atoms with Crippen LogP contribution in [0.1, 0.15) is 129 Å². The van der Waals surface area contributed by atoms with Crippen molar-refractivity contribution in [1.82, 2.24) is 0 Å². The molecule has 0 spiro atoms. The summed E-state index contributed by atoms with van der Waals surface area (Å²) in [5.74, 6) is -0.930. The van der Waals surface area contributed by atoms with Gasteiger partial charge in [0.2, 0.25) is 0 Å². The Kier molecular flexibility index (Phi) is 22.9. The molecule has 0 aromatic heterocycles. The third-order valence-electron chi connectivity index (χ3n) is 5.34. The molecule has 0 atom stereocenters. The summed E-state index contributed by atoms with van der Waals surface area (Å²) in [5, 5.41) is 0. The molecule has 4 heteroatoms. The normalized spacial score (nSPS) is 11.1. The van der Waals surface area contributed by atoms with Gasteiger partial charge in [0.05, 0.1) is 13.2 Å². The van der Waals surface area contributed by atoms with E-state index in [4.69, 9.17) is 9.47 Å². The Morgan fingerprint density at radius 3 is 1.03 bits per heavy atom. The molecule has 0 unspecified atom stereocenters. The molecule has 0 saturated heterocycles. The lowest BCUT2D eigenvalue weighted by molar-refractivity contribution is -0.140. The fourth-order valence-corrected chi connectivity index (χ4v) is 3.40. The molecule has 0 saturated carbocycles. The van der Waals surface area contributed by atoms with Crippen LogP contribution >= 0.6 is 0 Å². The first-order valence-corrected chi connectivity index (χ1v) is 12.7. The Morgan fingerprint density at radius 1 is 0.467 bits per heavy atom. The second-order valence-electron chi connectivity index (χ2n) is 8.33. The van der Waals surface area contributed by atoms with Crippen molar-refractivity contribution in [2.45, 2.75) is 129 Å². The first kappa shape index (κ1) is 28.7. The van der Waals surface area contributed by atoms with E-state index in [0.29, 0.717) is 13.2 Å². The molecule has 176 valence electrons. The number of rotatable bonds is 22. The van der Waals surface area contributed by atoms with E-state index in [9.17, 15) is 9.59 Å². The molecule has 0 aromatic carbocycles. The fraction of sp³-hybridized carbons (Fsp3) is 0.846. The average molecular weight is 425 g/mol. The molecule has 0 N–H and O–H groups in total. The van der Waals surface area contributed by atoms with Gasteiger partial charge in [0.25, 0.3) is 0 Å². The second kappa shape index (κ2) is 24.0. The first-order chi connectivity index (χ1) is 14.7. The molecule has 0 radical (unpaired) electrons. The number of carbonyl (C=O) groups excluding carboxylic acids is 2. The summed E-state index contributed by atoms with van der Waals surface area (Å²) < 4.78 is 10.2. The van der Waals surface area contributed by atoms with Crippen LogP contribution in [0.4, 0.5) is 0 Å². The average Bonchev–Trinajstić information content (AvgIpc) is 2.75. The molecule has 4 nitrogen and oxygen atoms in total. The van der Waals surface area contributed by atoms with Crippen LogP contribution in [0.15, 0.2) is 12.2 Å². The largest absolute Gasteiger partial charge is 0.463 e. The molecular weight excluding hydrogens is 376 g/mol. The maximum atomic E-state index is 11.6. The lowest BCUT2D eigenvalue weighted by Crippen LogP contribution is -2.06. The van der Waals surface area contributed by atoms with Gasteiger partial charge in [-0.2, -0.15) is 0 Å². The van der Waals surface area contributed by atoms with Crippen LogP contribution in [-0.4, -0.2) is 25.2 Å². The molecule has 0 rings (SSSR count). The topological polar surface area (TPSA) is 52.6 Å². The lowest BCUT2D eigenvalue weighted by Gasteiger charge is -2.04.